The molecule has 0 aromatic carbocycles. The molecule has 15 heavy (non-hydrogen) atoms. The lowest BCUT2D eigenvalue weighted by Crippen LogP contribution is -2.10. The minimum atomic E-state index is -0.301. The molecule has 7 nitrogen and oxygen atoms in total. The Kier molecular flexibility index (Phi) is 3.33. The maximum atomic E-state index is 11.0. The lowest BCUT2D eigenvalue weighted by atomic mass is 10.5. The Morgan fingerprint density at radius 1 is 1.53 bits per heavy atom. The zero-order chi connectivity index (χ0) is 11.3. The van der Waals surface area contributed by atoms with Crippen molar-refractivity contribution >= 4 is 23.4 Å². The van der Waals surface area contributed by atoms with E-state index in [0.29, 0.717) is 17.5 Å². The van der Waals surface area contributed by atoms with Crippen molar-refractivity contribution in [2.24, 2.45) is 0 Å². The summed E-state index contributed by atoms with van der Waals surface area (Å²) in [4.78, 5) is 32.6. The highest BCUT2D eigenvalue weighted by Crippen LogP contribution is 1.98. The molecule has 0 saturated carbocycles. The minimum Gasteiger partial charge on any atom is -0.369 e. The Morgan fingerprint density at radius 2 is 2.20 bits per heavy atom. The van der Waals surface area contributed by atoms with Crippen molar-refractivity contribution in [3.05, 3.63) is 29.3 Å². The number of carbonyl (C=O) groups excluding carboxylic acids is 1. The quantitative estimate of drug-likeness (QED) is 0.434. The number of anilines is 1. The van der Waals surface area contributed by atoms with E-state index in [9.17, 15) is 4.79 Å². The average Bonchev–Trinajstić information content (AvgIpc) is 2.66. The Bertz CT molecular complexity index is 521. The maximum Gasteiger partial charge on any atom is 0.278 e. The van der Waals surface area contributed by atoms with Gasteiger partial charge in [0.05, 0.1) is 6.33 Å². The third kappa shape index (κ3) is 2.50. The molecule has 0 aliphatic carbocycles. The van der Waals surface area contributed by atoms with Gasteiger partial charge in [-0.25, -0.2) is 4.98 Å². The van der Waals surface area contributed by atoms with E-state index in [1.54, 1.807) is 0 Å². The van der Waals surface area contributed by atoms with Gasteiger partial charge in [0.25, 0.3) is 5.56 Å². The Hall–Kier alpha value is -2.44. The number of nitrogens with one attached hydrogen (secondary N) is 2. The number of carbonyl (C=O) groups is 1. The zero-order valence-electron chi connectivity index (χ0n) is 7.73. The van der Waals surface area contributed by atoms with Crippen molar-refractivity contribution in [3.8, 4) is 0 Å². The number of allylic oxidation sites excluding steroid dienone is 1. The van der Waals surface area contributed by atoms with Gasteiger partial charge in [-0.15, -0.1) is 0 Å². The van der Waals surface area contributed by atoms with Crippen LogP contribution in [0, 0.1) is 0 Å². The molecule has 2 heterocycles. The lowest BCUT2D eigenvalue weighted by Gasteiger charge is -1.89. The third-order valence-electron chi connectivity index (χ3n) is 1.41. The van der Waals surface area contributed by atoms with Crippen LogP contribution in [0.3, 0.4) is 0 Å². The molecule has 0 saturated heterocycles. The zero-order valence-corrected chi connectivity index (χ0v) is 7.73. The highest BCUT2D eigenvalue weighted by Gasteiger charge is 2.01. The topological polar surface area (TPSA) is 118 Å². The Morgan fingerprint density at radius 3 is 2.80 bits per heavy atom. The molecule has 78 valence electrons. The normalized spacial score (nSPS) is 9.07. The van der Waals surface area contributed by atoms with Crippen LogP contribution >= 0.6 is 0 Å². The largest absolute Gasteiger partial charge is 0.369 e. The van der Waals surface area contributed by atoms with Crippen LogP contribution in [0.4, 0.5) is 5.95 Å². The van der Waals surface area contributed by atoms with Crippen LogP contribution in [0.5, 0.6) is 0 Å². The Balaban J connectivity index is 0.000000245. The molecule has 2 aromatic rings. The van der Waals surface area contributed by atoms with Gasteiger partial charge in [-0.05, 0) is 6.08 Å². The second-order valence-electron chi connectivity index (χ2n) is 2.42. The molecule has 7 heteroatoms. The van der Waals surface area contributed by atoms with E-state index in [-0.39, 0.29) is 11.5 Å². The predicted octanol–water partition coefficient (Wildman–Crippen LogP) is -0.400. The number of fused-ring (bicyclic) bond motifs is 1. The number of hydrogen-bond donors (Lipinski definition) is 3. The van der Waals surface area contributed by atoms with Gasteiger partial charge in [0.1, 0.15) is 6.29 Å². The number of H-pyrrole nitrogens is 2. The maximum absolute atomic E-state index is 11.0. The fraction of sp³-hybridized carbons (Fsp3) is 0. The first-order valence-electron chi connectivity index (χ1n) is 3.94. The molecule has 0 bridgehead atoms. The summed E-state index contributed by atoms with van der Waals surface area (Å²) in [6.45, 7) is 3.11. The molecule has 0 unspecified atom stereocenters. The highest BCUT2D eigenvalue weighted by molar-refractivity contribution is 5.69. The SMILES string of the molecule is C=CC=O.Nc1nc2nc[nH]c2c(=O)[nH]1. The van der Waals surface area contributed by atoms with Crippen molar-refractivity contribution in [2.75, 3.05) is 5.73 Å². The fourth-order valence-corrected chi connectivity index (χ4v) is 0.860. The molecule has 0 aliphatic rings. The Labute approximate surface area is 84.1 Å². The van der Waals surface area contributed by atoms with Crippen LogP contribution in [0.2, 0.25) is 0 Å². The molecule has 0 amide bonds. The number of hydrogen-bond acceptors (Lipinski definition) is 5. The summed E-state index contributed by atoms with van der Waals surface area (Å²) in [6.07, 6.45) is 3.23. The molecule has 0 radical (unpaired) electrons. The van der Waals surface area contributed by atoms with Crippen molar-refractivity contribution in [1.29, 1.82) is 0 Å². The minimum absolute atomic E-state index is 0.0783. The number of aromatic nitrogens is 4. The highest BCUT2D eigenvalue weighted by atomic mass is 16.1. The van der Waals surface area contributed by atoms with Gasteiger partial charge >= 0.3 is 0 Å². The van der Waals surface area contributed by atoms with Crippen molar-refractivity contribution in [2.45, 2.75) is 0 Å². The fourth-order valence-electron chi connectivity index (χ4n) is 0.860. The average molecular weight is 207 g/mol. The van der Waals surface area contributed by atoms with Gasteiger partial charge in [0.2, 0.25) is 5.95 Å². The van der Waals surface area contributed by atoms with Crippen LogP contribution in [-0.2, 0) is 4.79 Å². The number of imidazole rings is 1. The molecule has 0 atom stereocenters. The van der Waals surface area contributed by atoms with E-state index in [1.165, 1.54) is 12.4 Å². The summed E-state index contributed by atoms with van der Waals surface area (Å²) in [6, 6.07) is 0. The van der Waals surface area contributed by atoms with Crippen molar-refractivity contribution in [1.82, 2.24) is 19.9 Å². The number of nitrogens with zero attached hydrogens (tertiary/aromatic N) is 2. The first-order chi connectivity index (χ1) is 7.19. The summed E-state index contributed by atoms with van der Waals surface area (Å²) in [5.74, 6) is 0.0783. The van der Waals surface area contributed by atoms with E-state index in [0.717, 1.165) is 0 Å². The first-order valence-corrected chi connectivity index (χ1v) is 3.94. The number of nitrogens with two attached hydrogens (primary N) is 1. The van der Waals surface area contributed by atoms with Crippen molar-refractivity contribution in [3.63, 3.8) is 0 Å². The molecule has 0 aliphatic heterocycles. The lowest BCUT2D eigenvalue weighted by molar-refractivity contribution is -0.104. The summed E-state index contributed by atoms with van der Waals surface area (Å²) >= 11 is 0. The van der Waals surface area contributed by atoms with Gasteiger partial charge in [0.15, 0.2) is 11.2 Å². The molecule has 2 rings (SSSR count). The monoisotopic (exact) mass is 207 g/mol. The summed E-state index contributed by atoms with van der Waals surface area (Å²) in [7, 11) is 0. The molecule has 4 N–H and O–H groups in total. The number of aldehydes is 1. The predicted molar refractivity (Wildman–Crippen MR) is 55.2 cm³/mol. The van der Waals surface area contributed by atoms with Gasteiger partial charge < -0.3 is 10.7 Å². The number of nitrogen functional groups attached to an aromatic ring is 1. The van der Waals surface area contributed by atoms with Crippen LogP contribution in [0.1, 0.15) is 0 Å². The summed E-state index contributed by atoms with van der Waals surface area (Å²) in [5.41, 5.74) is 5.65. The second kappa shape index (κ2) is 4.70. The molecule has 0 spiro atoms. The van der Waals surface area contributed by atoms with Gasteiger partial charge in [-0.1, -0.05) is 6.58 Å². The molecular formula is C8H9N5O2. The van der Waals surface area contributed by atoms with Crippen molar-refractivity contribution < 1.29 is 4.79 Å². The number of aromatic amines is 2. The first kappa shape index (κ1) is 10.6. The molecular weight excluding hydrogens is 198 g/mol. The van der Waals surface area contributed by atoms with E-state index in [4.69, 9.17) is 10.5 Å². The third-order valence-corrected chi connectivity index (χ3v) is 1.41. The van der Waals surface area contributed by atoms with E-state index in [2.05, 4.69) is 26.5 Å². The summed E-state index contributed by atoms with van der Waals surface area (Å²) in [5, 5.41) is 0. The van der Waals surface area contributed by atoms with Crippen LogP contribution in [-0.4, -0.2) is 26.2 Å². The van der Waals surface area contributed by atoms with E-state index >= 15 is 0 Å². The molecule has 2 aromatic heterocycles. The number of rotatable bonds is 1. The van der Waals surface area contributed by atoms with E-state index < -0.39 is 0 Å². The van der Waals surface area contributed by atoms with Crippen LogP contribution in [0.15, 0.2) is 23.8 Å². The van der Waals surface area contributed by atoms with Gasteiger partial charge in [-0.2, -0.15) is 4.98 Å². The van der Waals surface area contributed by atoms with Crippen LogP contribution in [0.25, 0.3) is 11.2 Å². The van der Waals surface area contributed by atoms with Gasteiger partial charge in [0, 0.05) is 0 Å². The molecule has 0 fully saturated rings. The van der Waals surface area contributed by atoms with Crippen LogP contribution < -0.4 is 11.3 Å². The summed E-state index contributed by atoms with van der Waals surface area (Å²) < 4.78 is 0. The van der Waals surface area contributed by atoms with E-state index in [1.807, 2.05) is 0 Å². The van der Waals surface area contributed by atoms with Gasteiger partial charge in [-0.3, -0.25) is 14.6 Å². The standard InChI is InChI=1S/C5H5N5O.C3H4O/c6-5-9-3-2(4(11)10-5)7-1-8-3;1-2-3-4/h1H,(H4,6,7,8,9,10,11);2-3H,1H2. The smallest absolute Gasteiger partial charge is 0.278 e. The second-order valence-corrected chi connectivity index (χ2v) is 2.42.